The maximum absolute atomic E-state index is 12.0. The molecule has 2 aliphatic rings. The molecule has 3 aromatic rings. The molecule has 1 saturated heterocycles. The highest BCUT2D eigenvalue weighted by Gasteiger charge is 2.36. The van der Waals surface area contributed by atoms with Gasteiger partial charge in [-0.15, -0.1) is 0 Å². The highest BCUT2D eigenvalue weighted by molar-refractivity contribution is 6.03. The first-order chi connectivity index (χ1) is 16.3. The van der Waals surface area contributed by atoms with Crippen molar-refractivity contribution in [3.05, 3.63) is 66.0 Å². The van der Waals surface area contributed by atoms with Crippen LogP contribution in [0.5, 0.6) is 0 Å². The van der Waals surface area contributed by atoms with E-state index in [0.717, 1.165) is 19.6 Å². The number of carbonyl (C=O) groups excluding carboxylic acids is 2. The van der Waals surface area contributed by atoms with Crippen LogP contribution in [0.25, 0.3) is 11.2 Å². The Balaban J connectivity index is 0.000000226. The highest BCUT2D eigenvalue weighted by Crippen LogP contribution is 2.26. The number of hydrogen-bond acceptors (Lipinski definition) is 6. The van der Waals surface area contributed by atoms with Crippen molar-refractivity contribution in [1.82, 2.24) is 19.9 Å². The lowest BCUT2D eigenvalue weighted by Gasteiger charge is -2.47. The van der Waals surface area contributed by atoms with Gasteiger partial charge in [-0.2, -0.15) is 0 Å². The fourth-order valence-electron chi connectivity index (χ4n) is 4.40. The molecule has 1 fully saturated rings. The molecular weight excluding hydrogens is 432 g/mol. The van der Waals surface area contributed by atoms with E-state index < -0.39 is 5.91 Å². The Morgan fingerprint density at radius 3 is 2.68 bits per heavy atom. The van der Waals surface area contributed by atoms with Crippen LogP contribution in [0.2, 0.25) is 0 Å². The molecule has 5 rings (SSSR count). The summed E-state index contributed by atoms with van der Waals surface area (Å²) in [5.74, 6) is 0.0284. The van der Waals surface area contributed by atoms with Gasteiger partial charge in [-0.1, -0.05) is 30.8 Å². The Kier molecular flexibility index (Phi) is 6.65. The van der Waals surface area contributed by atoms with Crippen LogP contribution >= 0.6 is 0 Å². The molecule has 3 N–H and O–H groups in total. The van der Waals surface area contributed by atoms with Gasteiger partial charge in [0.1, 0.15) is 11.3 Å². The molecular formula is C25H30N6O3. The molecule has 0 radical (unpaired) electrons. The smallest absolute Gasteiger partial charge is 0.252 e. The molecule has 2 aliphatic heterocycles. The van der Waals surface area contributed by atoms with E-state index in [0.29, 0.717) is 42.2 Å². The van der Waals surface area contributed by atoms with Crippen molar-refractivity contribution in [2.75, 3.05) is 31.1 Å². The van der Waals surface area contributed by atoms with Gasteiger partial charge in [0.05, 0.1) is 30.5 Å². The van der Waals surface area contributed by atoms with E-state index in [9.17, 15) is 9.59 Å². The van der Waals surface area contributed by atoms with Crippen molar-refractivity contribution in [2.45, 2.75) is 32.4 Å². The minimum absolute atomic E-state index is 0.0807. The first kappa shape index (κ1) is 23.4. The number of rotatable bonds is 3. The number of primary amides is 1. The lowest BCUT2D eigenvalue weighted by atomic mass is 9.98. The molecule has 2 aromatic heterocycles. The van der Waals surface area contributed by atoms with Gasteiger partial charge < -0.3 is 25.3 Å². The number of aromatic amines is 1. The summed E-state index contributed by atoms with van der Waals surface area (Å²) in [6.07, 6.45) is 5.59. The molecule has 0 spiro atoms. The number of H-pyrrole nitrogens is 1. The van der Waals surface area contributed by atoms with Crippen molar-refractivity contribution in [2.24, 2.45) is 5.73 Å². The number of anilines is 1. The number of ether oxygens (including phenoxy) is 1. The van der Waals surface area contributed by atoms with Gasteiger partial charge in [0.15, 0.2) is 5.65 Å². The third kappa shape index (κ3) is 4.79. The molecule has 4 heterocycles. The second-order valence-corrected chi connectivity index (χ2v) is 8.99. The van der Waals surface area contributed by atoms with Gasteiger partial charge in [0.25, 0.3) is 5.91 Å². The average Bonchev–Trinajstić information content (AvgIpc) is 3.27. The van der Waals surface area contributed by atoms with E-state index in [1.54, 1.807) is 11.1 Å². The molecule has 1 aromatic carbocycles. The zero-order valence-electron chi connectivity index (χ0n) is 19.6. The third-order valence-corrected chi connectivity index (χ3v) is 6.19. The summed E-state index contributed by atoms with van der Waals surface area (Å²) >= 11 is 0. The van der Waals surface area contributed by atoms with Crippen LogP contribution in [0.4, 0.5) is 5.82 Å². The van der Waals surface area contributed by atoms with Gasteiger partial charge in [-0.05, 0) is 37.5 Å². The van der Waals surface area contributed by atoms with Crippen LogP contribution in [0.1, 0.15) is 35.3 Å². The zero-order valence-corrected chi connectivity index (χ0v) is 19.6. The van der Waals surface area contributed by atoms with E-state index in [2.05, 4.69) is 50.7 Å². The molecule has 34 heavy (non-hydrogen) atoms. The van der Waals surface area contributed by atoms with E-state index in [4.69, 9.17) is 10.5 Å². The maximum atomic E-state index is 12.0. The largest absolute Gasteiger partial charge is 0.376 e. The van der Waals surface area contributed by atoms with Crippen LogP contribution in [-0.2, 0) is 22.6 Å². The summed E-state index contributed by atoms with van der Waals surface area (Å²) in [5, 5.41) is 0. The molecule has 2 amide bonds. The first-order valence-electron chi connectivity index (χ1n) is 11.3. The van der Waals surface area contributed by atoms with Gasteiger partial charge in [0, 0.05) is 25.8 Å². The van der Waals surface area contributed by atoms with Crippen molar-refractivity contribution in [3.8, 4) is 0 Å². The van der Waals surface area contributed by atoms with Crippen molar-refractivity contribution in [3.63, 3.8) is 0 Å². The van der Waals surface area contributed by atoms with E-state index >= 15 is 0 Å². The minimum atomic E-state index is -0.547. The summed E-state index contributed by atoms with van der Waals surface area (Å²) in [6, 6.07) is 8.46. The van der Waals surface area contributed by atoms with Gasteiger partial charge >= 0.3 is 0 Å². The third-order valence-electron chi connectivity index (χ3n) is 6.19. The topological polar surface area (TPSA) is 117 Å². The number of amides is 2. The summed E-state index contributed by atoms with van der Waals surface area (Å²) in [4.78, 5) is 39.1. The quantitative estimate of drug-likeness (QED) is 0.578. The molecule has 0 atom stereocenters. The lowest BCUT2D eigenvalue weighted by molar-refractivity contribution is -0.131. The van der Waals surface area contributed by atoms with E-state index in [1.165, 1.54) is 23.4 Å². The monoisotopic (exact) mass is 462 g/mol. The number of nitrogens with zero attached hydrogens (tertiary/aromatic N) is 4. The number of hydrogen-bond donors (Lipinski definition) is 2. The molecule has 0 unspecified atom stereocenters. The summed E-state index contributed by atoms with van der Waals surface area (Å²) in [5.41, 5.74) is 9.11. The summed E-state index contributed by atoms with van der Waals surface area (Å²) in [6.45, 7) is 11.0. The van der Waals surface area contributed by atoms with Crippen LogP contribution in [0, 0.1) is 0 Å². The number of nitrogens with one attached hydrogen (secondary N) is 1. The van der Waals surface area contributed by atoms with E-state index in [1.807, 2.05) is 13.8 Å². The Bertz CT molecular complexity index is 1190. The Morgan fingerprint density at radius 2 is 2.00 bits per heavy atom. The second-order valence-electron chi connectivity index (χ2n) is 8.99. The number of fused-ring (bicyclic) bond motifs is 2. The van der Waals surface area contributed by atoms with Crippen LogP contribution in [0.3, 0.4) is 0 Å². The molecule has 0 saturated carbocycles. The first-order valence-corrected chi connectivity index (χ1v) is 11.3. The molecule has 9 heteroatoms. The van der Waals surface area contributed by atoms with Crippen LogP contribution < -0.4 is 10.6 Å². The lowest BCUT2D eigenvalue weighted by Crippen LogP contribution is -2.61. The number of benzene rings is 1. The van der Waals surface area contributed by atoms with Crippen LogP contribution in [-0.4, -0.2) is 63.4 Å². The van der Waals surface area contributed by atoms with Gasteiger partial charge in [-0.25, -0.2) is 9.97 Å². The van der Waals surface area contributed by atoms with Crippen LogP contribution in [0.15, 0.2) is 49.3 Å². The van der Waals surface area contributed by atoms with Crippen molar-refractivity contribution >= 4 is 28.8 Å². The number of aromatic nitrogens is 3. The normalized spacial score (nSPS) is 16.9. The molecule has 9 nitrogen and oxygen atoms in total. The predicted molar refractivity (Wildman–Crippen MR) is 130 cm³/mol. The van der Waals surface area contributed by atoms with Gasteiger partial charge in [0.2, 0.25) is 5.91 Å². The summed E-state index contributed by atoms with van der Waals surface area (Å²) in [7, 11) is 0. The zero-order chi connectivity index (χ0) is 24.3. The number of piperazine rings is 1. The molecule has 178 valence electrons. The average molecular weight is 463 g/mol. The fourth-order valence-corrected chi connectivity index (χ4v) is 4.40. The Hall–Kier alpha value is -3.72. The number of nitrogens with two attached hydrogens (primary N) is 1. The Morgan fingerprint density at radius 1 is 1.24 bits per heavy atom. The standard InChI is InChI=1S/C16H20N6O2.C9H10O/c1-4-12(23)22-6-5-21(9-16(22,2)3)11-8-19-15-13(20-11)10(7-18-15)14(17)24;1-2-4-9-7-10-6-5-8(9)3-1/h4,7-8H,1,5-6,9H2,2-3H3,(H2,17,24)(H,18,19);1-4H,5-7H2. The predicted octanol–water partition coefficient (Wildman–Crippen LogP) is 2.43. The highest BCUT2D eigenvalue weighted by atomic mass is 16.5. The molecule has 0 aliphatic carbocycles. The van der Waals surface area contributed by atoms with E-state index in [-0.39, 0.29) is 11.4 Å². The fraction of sp³-hybridized carbons (Fsp3) is 0.360. The minimum Gasteiger partial charge on any atom is -0.376 e. The van der Waals surface area contributed by atoms with Crippen molar-refractivity contribution in [1.29, 1.82) is 0 Å². The maximum Gasteiger partial charge on any atom is 0.252 e. The van der Waals surface area contributed by atoms with Gasteiger partial charge in [-0.3, -0.25) is 9.59 Å². The van der Waals surface area contributed by atoms with Crippen molar-refractivity contribution < 1.29 is 14.3 Å². The second kappa shape index (κ2) is 9.64. The molecule has 0 bridgehead atoms. The SMILES string of the molecule is C=CC(=O)N1CCN(c2cnc3[nH]cc(C(N)=O)c3n2)CC1(C)C.c1ccc2c(c1)CCOC2. The Labute approximate surface area is 198 Å². The number of carbonyl (C=O) groups is 2. The summed E-state index contributed by atoms with van der Waals surface area (Å²) < 4.78 is 5.30.